The molecule has 8 heteroatoms. The molecule has 0 aliphatic carbocycles. The first-order chi connectivity index (χ1) is 12.7. The fourth-order valence-corrected chi connectivity index (χ4v) is 2.90. The van der Waals surface area contributed by atoms with E-state index in [1.54, 1.807) is 13.1 Å². The number of hydrogen-bond acceptors (Lipinski definition) is 3. The molecular weight excluding hydrogens is 371 g/mol. The molecule has 0 aliphatic rings. The highest BCUT2D eigenvalue weighted by Crippen LogP contribution is 2.20. The fourth-order valence-electron chi connectivity index (χ4n) is 2.42. The summed E-state index contributed by atoms with van der Waals surface area (Å²) in [6.45, 7) is 1.17. The first kappa shape index (κ1) is 18.2. The standard InChI is InChI=1S/C18H18Cl2N6/c1-21-18(23-10-14-5-6-15(19)8-16(14)20)22-9-12-3-2-4-13(7-12)17-24-11-25-26-17/h2-8,11H,9-10H2,1H3,(H2,21,22,23)(H,24,25,26). The minimum absolute atomic E-state index is 0.549. The van der Waals surface area contributed by atoms with Crippen molar-refractivity contribution in [2.24, 2.45) is 4.99 Å². The molecule has 0 saturated heterocycles. The summed E-state index contributed by atoms with van der Waals surface area (Å²) in [5.74, 6) is 1.42. The van der Waals surface area contributed by atoms with Crippen LogP contribution in [0.4, 0.5) is 0 Å². The average molecular weight is 389 g/mol. The molecule has 2 aromatic carbocycles. The third-order valence-corrected chi connectivity index (χ3v) is 4.35. The van der Waals surface area contributed by atoms with Crippen LogP contribution in [-0.4, -0.2) is 28.2 Å². The first-order valence-electron chi connectivity index (χ1n) is 7.99. The minimum Gasteiger partial charge on any atom is -0.352 e. The molecule has 0 radical (unpaired) electrons. The van der Waals surface area contributed by atoms with Crippen LogP contribution in [0.25, 0.3) is 11.4 Å². The highest BCUT2D eigenvalue weighted by atomic mass is 35.5. The van der Waals surface area contributed by atoms with Crippen molar-refractivity contribution in [3.8, 4) is 11.4 Å². The molecule has 0 amide bonds. The Balaban J connectivity index is 1.58. The summed E-state index contributed by atoms with van der Waals surface area (Å²) in [7, 11) is 1.73. The van der Waals surface area contributed by atoms with Crippen LogP contribution >= 0.6 is 23.2 Å². The molecule has 26 heavy (non-hydrogen) atoms. The molecule has 3 aromatic rings. The normalized spacial score (nSPS) is 11.4. The summed E-state index contributed by atoms with van der Waals surface area (Å²) in [6, 6.07) is 13.5. The van der Waals surface area contributed by atoms with Gasteiger partial charge in [0.1, 0.15) is 6.33 Å². The average Bonchev–Trinajstić information content (AvgIpc) is 3.18. The van der Waals surface area contributed by atoms with E-state index in [4.69, 9.17) is 23.2 Å². The molecular formula is C18H18Cl2N6. The summed E-state index contributed by atoms with van der Waals surface area (Å²) in [5, 5.41) is 14.5. The maximum atomic E-state index is 6.20. The van der Waals surface area contributed by atoms with Crippen molar-refractivity contribution in [1.29, 1.82) is 0 Å². The summed E-state index contributed by atoms with van der Waals surface area (Å²) in [6.07, 6.45) is 1.49. The molecule has 0 atom stereocenters. The number of nitrogens with one attached hydrogen (secondary N) is 3. The summed E-state index contributed by atoms with van der Waals surface area (Å²) in [4.78, 5) is 8.41. The van der Waals surface area contributed by atoms with Crippen molar-refractivity contribution in [3.63, 3.8) is 0 Å². The Kier molecular flexibility index (Phi) is 6.09. The van der Waals surface area contributed by atoms with Gasteiger partial charge in [-0.05, 0) is 29.3 Å². The lowest BCUT2D eigenvalue weighted by Gasteiger charge is -2.13. The van der Waals surface area contributed by atoms with Gasteiger partial charge in [-0.25, -0.2) is 4.98 Å². The lowest BCUT2D eigenvalue weighted by Crippen LogP contribution is -2.36. The molecule has 134 valence electrons. The maximum Gasteiger partial charge on any atom is 0.191 e. The number of halogens is 2. The number of aromatic amines is 1. The van der Waals surface area contributed by atoms with Crippen LogP contribution in [0.15, 0.2) is 53.8 Å². The largest absolute Gasteiger partial charge is 0.352 e. The number of aliphatic imine (C=N–C) groups is 1. The van der Waals surface area contributed by atoms with Crippen molar-refractivity contribution in [1.82, 2.24) is 25.8 Å². The van der Waals surface area contributed by atoms with E-state index < -0.39 is 0 Å². The minimum atomic E-state index is 0.549. The number of rotatable bonds is 5. The van der Waals surface area contributed by atoms with Crippen LogP contribution < -0.4 is 10.6 Å². The Morgan fingerprint density at radius 1 is 1.12 bits per heavy atom. The molecule has 0 spiro atoms. The second-order valence-electron chi connectivity index (χ2n) is 5.55. The number of aromatic nitrogens is 3. The van der Waals surface area contributed by atoms with Crippen LogP contribution in [0.2, 0.25) is 10.0 Å². The number of guanidine groups is 1. The van der Waals surface area contributed by atoms with Gasteiger partial charge in [0.25, 0.3) is 0 Å². The van der Waals surface area contributed by atoms with Crippen LogP contribution in [0.3, 0.4) is 0 Å². The quantitative estimate of drug-likeness (QED) is 0.460. The number of nitrogens with zero attached hydrogens (tertiary/aromatic N) is 3. The van der Waals surface area contributed by atoms with Gasteiger partial charge < -0.3 is 10.6 Å². The Morgan fingerprint density at radius 3 is 2.69 bits per heavy atom. The van der Waals surface area contributed by atoms with Gasteiger partial charge in [-0.15, -0.1) is 0 Å². The fraction of sp³-hybridized carbons (Fsp3) is 0.167. The van der Waals surface area contributed by atoms with Gasteiger partial charge >= 0.3 is 0 Å². The van der Waals surface area contributed by atoms with Crippen LogP contribution in [0.1, 0.15) is 11.1 Å². The lowest BCUT2D eigenvalue weighted by molar-refractivity contribution is 0.809. The monoisotopic (exact) mass is 388 g/mol. The van der Waals surface area contributed by atoms with Gasteiger partial charge in [-0.2, -0.15) is 5.10 Å². The van der Waals surface area contributed by atoms with Gasteiger partial charge in [-0.1, -0.05) is 47.5 Å². The van der Waals surface area contributed by atoms with Crippen LogP contribution in [0, 0.1) is 0 Å². The molecule has 0 aliphatic heterocycles. The smallest absolute Gasteiger partial charge is 0.191 e. The molecule has 3 rings (SSSR count). The molecule has 1 aromatic heterocycles. The Bertz CT molecular complexity index is 892. The van der Waals surface area contributed by atoms with Gasteiger partial charge in [0, 0.05) is 35.7 Å². The Labute approximate surface area is 161 Å². The third kappa shape index (κ3) is 4.74. The predicted molar refractivity (Wildman–Crippen MR) is 105 cm³/mol. The zero-order valence-electron chi connectivity index (χ0n) is 14.1. The van der Waals surface area contributed by atoms with E-state index in [9.17, 15) is 0 Å². The molecule has 6 nitrogen and oxygen atoms in total. The summed E-state index contributed by atoms with van der Waals surface area (Å²) < 4.78 is 0. The van der Waals surface area contributed by atoms with Crippen LogP contribution in [-0.2, 0) is 13.1 Å². The first-order valence-corrected chi connectivity index (χ1v) is 8.74. The van der Waals surface area contributed by atoms with Gasteiger partial charge in [-0.3, -0.25) is 10.1 Å². The third-order valence-electron chi connectivity index (χ3n) is 3.76. The van der Waals surface area contributed by atoms with Crippen molar-refractivity contribution < 1.29 is 0 Å². The molecule has 0 bridgehead atoms. The SMILES string of the molecule is CN=C(NCc1cccc(-c2ncn[nH]2)c1)NCc1ccc(Cl)cc1Cl. The topological polar surface area (TPSA) is 78.0 Å². The number of H-pyrrole nitrogens is 1. The second-order valence-corrected chi connectivity index (χ2v) is 6.39. The van der Waals surface area contributed by atoms with E-state index in [1.165, 1.54) is 6.33 Å². The summed E-state index contributed by atoms with van der Waals surface area (Å²) in [5.41, 5.74) is 3.04. The van der Waals surface area contributed by atoms with Gasteiger partial charge in [0.2, 0.25) is 0 Å². The molecule has 0 unspecified atom stereocenters. The van der Waals surface area contributed by atoms with E-state index in [1.807, 2.05) is 30.3 Å². The molecule has 0 saturated carbocycles. The summed E-state index contributed by atoms with van der Waals surface area (Å²) >= 11 is 12.1. The molecule has 0 fully saturated rings. The molecule has 1 heterocycles. The van der Waals surface area contributed by atoms with Crippen molar-refractivity contribution >= 4 is 29.2 Å². The maximum absolute atomic E-state index is 6.20. The van der Waals surface area contributed by atoms with Crippen molar-refractivity contribution in [2.45, 2.75) is 13.1 Å². The number of hydrogen-bond donors (Lipinski definition) is 3. The van der Waals surface area contributed by atoms with Crippen molar-refractivity contribution in [3.05, 3.63) is 70.0 Å². The highest BCUT2D eigenvalue weighted by molar-refractivity contribution is 6.35. The van der Waals surface area contributed by atoms with E-state index in [0.717, 1.165) is 22.5 Å². The Hall–Kier alpha value is -2.57. The zero-order valence-corrected chi connectivity index (χ0v) is 15.6. The van der Waals surface area contributed by atoms with Gasteiger partial charge in [0.15, 0.2) is 11.8 Å². The predicted octanol–water partition coefficient (Wildman–Crippen LogP) is 3.64. The highest BCUT2D eigenvalue weighted by Gasteiger charge is 2.05. The van der Waals surface area contributed by atoms with Gasteiger partial charge in [0.05, 0.1) is 0 Å². The Morgan fingerprint density at radius 2 is 1.96 bits per heavy atom. The second kappa shape index (κ2) is 8.69. The van der Waals surface area contributed by atoms with E-state index in [0.29, 0.717) is 29.1 Å². The van der Waals surface area contributed by atoms with E-state index in [-0.39, 0.29) is 0 Å². The van der Waals surface area contributed by atoms with Crippen LogP contribution in [0.5, 0.6) is 0 Å². The number of benzene rings is 2. The van der Waals surface area contributed by atoms with Crippen molar-refractivity contribution in [2.75, 3.05) is 7.05 Å². The van der Waals surface area contributed by atoms with E-state index in [2.05, 4.69) is 36.9 Å². The lowest BCUT2D eigenvalue weighted by atomic mass is 10.1. The zero-order chi connectivity index (χ0) is 18.4. The van der Waals surface area contributed by atoms with E-state index >= 15 is 0 Å². The molecule has 3 N–H and O–H groups in total.